The molecule has 2 aliphatic rings. The number of hydrogen-bond acceptors (Lipinski definition) is 3. The van der Waals surface area contributed by atoms with Gasteiger partial charge in [0, 0.05) is 12.6 Å². The van der Waals surface area contributed by atoms with Crippen molar-refractivity contribution in [3.05, 3.63) is 30.3 Å². The zero-order valence-electron chi connectivity index (χ0n) is 12.5. The van der Waals surface area contributed by atoms with Crippen LogP contribution in [0, 0.1) is 11.8 Å². The highest BCUT2D eigenvalue weighted by Gasteiger charge is 2.38. The third-order valence-electron chi connectivity index (χ3n) is 4.98. The van der Waals surface area contributed by atoms with Gasteiger partial charge in [0.25, 0.3) is 0 Å². The second-order valence-electron chi connectivity index (χ2n) is 6.45. The van der Waals surface area contributed by atoms with Crippen molar-refractivity contribution in [2.45, 2.75) is 36.6 Å². The predicted octanol–water partition coefficient (Wildman–Crippen LogP) is 2.09. The molecule has 3 atom stereocenters. The number of rotatable bonds is 3. The molecule has 1 aliphatic heterocycles. The molecular formula is C16H24N2O2S. The molecule has 0 amide bonds. The van der Waals surface area contributed by atoms with Crippen molar-refractivity contribution in [2.24, 2.45) is 11.8 Å². The largest absolute Gasteiger partial charge is 0.306 e. The van der Waals surface area contributed by atoms with Gasteiger partial charge in [0.05, 0.1) is 4.90 Å². The van der Waals surface area contributed by atoms with Crippen molar-refractivity contribution in [3.63, 3.8) is 0 Å². The summed E-state index contributed by atoms with van der Waals surface area (Å²) >= 11 is 0. The van der Waals surface area contributed by atoms with Gasteiger partial charge in [-0.05, 0) is 56.8 Å². The molecule has 4 nitrogen and oxygen atoms in total. The predicted molar refractivity (Wildman–Crippen MR) is 83.5 cm³/mol. The molecule has 1 saturated heterocycles. The maximum atomic E-state index is 12.5. The summed E-state index contributed by atoms with van der Waals surface area (Å²) < 4.78 is 28.0. The lowest BCUT2D eigenvalue weighted by Crippen LogP contribution is -2.52. The van der Waals surface area contributed by atoms with E-state index in [1.165, 1.54) is 12.8 Å². The lowest BCUT2D eigenvalue weighted by atomic mass is 9.72. The van der Waals surface area contributed by atoms with Gasteiger partial charge in [0.1, 0.15) is 0 Å². The Morgan fingerprint density at radius 3 is 2.67 bits per heavy atom. The highest BCUT2D eigenvalue weighted by molar-refractivity contribution is 7.89. The molecule has 1 saturated carbocycles. The van der Waals surface area contributed by atoms with Gasteiger partial charge >= 0.3 is 0 Å². The number of nitrogens with one attached hydrogen (secondary N) is 1. The van der Waals surface area contributed by atoms with Crippen molar-refractivity contribution in [1.29, 1.82) is 0 Å². The summed E-state index contributed by atoms with van der Waals surface area (Å²) in [5, 5.41) is 0. The minimum absolute atomic E-state index is 0.0803. The first kappa shape index (κ1) is 15.0. The minimum Gasteiger partial charge on any atom is -0.306 e. The van der Waals surface area contributed by atoms with E-state index in [1.54, 1.807) is 24.3 Å². The van der Waals surface area contributed by atoms with Crippen molar-refractivity contribution in [2.75, 3.05) is 20.1 Å². The maximum absolute atomic E-state index is 12.5. The van der Waals surface area contributed by atoms with E-state index in [4.69, 9.17) is 0 Å². The van der Waals surface area contributed by atoms with E-state index in [0.717, 1.165) is 25.9 Å². The van der Waals surface area contributed by atoms with E-state index >= 15 is 0 Å². The SMILES string of the molecule is CN1CC[C@H]2CCC[C@@H](NS(=O)(=O)c3ccccc3)[C@H]2C1. The summed E-state index contributed by atoms with van der Waals surface area (Å²) in [6.45, 7) is 2.14. The van der Waals surface area contributed by atoms with Gasteiger partial charge in [-0.15, -0.1) is 0 Å². The zero-order chi connectivity index (χ0) is 14.9. The van der Waals surface area contributed by atoms with Crippen LogP contribution in [-0.2, 0) is 10.0 Å². The lowest BCUT2D eigenvalue weighted by molar-refractivity contribution is 0.0833. The topological polar surface area (TPSA) is 49.4 Å². The molecule has 1 N–H and O–H groups in total. The molecule has 0 spiro atoms. The highest BCUT2D eigenvalue weighted by Crippen LogP contribution is 2.36. The molecule has 0 radical (unpaired) electrons. The molecule has 0 unspecified atom stereocenters. The van der Waals surface area contributed by atoms with Crippen LogP contribution in [0.15, 0.2) is 35.2 Å². The minimum atomic E-state index is -3.40. The first-order valence-corrected chi connectivity index (χ1v) is 9.30. The van der Waals surface area contributed by atoms with Gasteiger partial charge in [-0.3, -0.25) is 0 Å². The number of sulfonamides is 1. The molecule has 1 aromatic rings. The van der Waals surface area contributed by atoms with Gasteiger partial charge in [-0.1, -0.05) is 24.6 Å². The molecule has 5 heteroatoms. The zero-order valence-corrected chi connectivity index (χ0v) is 13.3. The van der Waals surface area contributed by atoms with Crippen molar-refractivity contribution < 1.29 is 8.42 Å². The quantitative estimate of drug-likeness (QED) is 0.930. The second kappa shape index (κ2) is 6.07. The van der Waals surface area contributed by atoms with E-state index in [2.05, 4.69) is 16.7 Å². The van der Waals surface area contributed by atoms with Crippen LogP contribution in [0.2, 0.25) is 0 Å². The van der Waals surface area contributed by atoms with Crippen LogP contribution in [0.1, 0.15) is 25.7 Å². The monoisotopic (exact) mass is 308 g/mol. The molecule has 116 valence electrons. The van der Waals surface area contributed by atoms with Crippen LogP contribution >= 0.6 is 0 Å². The summed E-state index contributed by atoms with van der Waals surface area (Å²) in [6.07, 6.45) is 4.54. The Balaban J connectivity index is 1.77. The Labute approximate surface area is 127 Å². The van der Waals surface area contributed by atoms with E-state index in [-0.39, 0.29) is 6.04 Å². The molecule has 1 heterocycles. The summed E-state index contributed by atoms with van der Waals surface area (Å²) in [4.78, 5) is 2.70. The standard InChI is InChI=1S/C16H24N2O2S/c1-18-11-10-13-6-5-9-16(15(13)12-18)17-21(19,20)14-7-3-2-4-8-14/h2-4,7-8,13,15-17H,5-6,9-12H2,1H3/t13-,15+,16-/m1/s1. The van der Waals surface area contributed by atoms with E-state index in [9.17, 15) is 8.42 Å². The van der Waals surface area contributed by atoms with E-state index in [0.29, 0.717) is 16.7 Å². The first-order valence-electron chi connectivity index (χ1n) is 7.82. The molecule has 21 heavy (non-hydrogen) atoms. The van der Waals surface area contributed by atoms with Crippen molar-refractivity contribution >= 4 is 10.0 Å². The normalized spacial score (nSPS) is 30.8. The van der Waals surface area contributed by atoms with Crippen LogP contribution in [0.25, 0.3) is 0 Å². The molecule has 1 aromatic carbocycles. The van der Waals surface area contributed by atoms with E-state index in [1.807, 2.05) is 6.07 Å². The van der Waals surface area contributed by atoms with Crippen LogP contribution in [0.5, 0.6) is 0 Å². The molecule has 1 aliphatic carbocycles. The smallest absolute Gasteiger partial charge is 0.240 e. The summed E-state index contributed by atoms with van der Waals surface area (Å²) in [5.74, 6) is 1.13. The molecular weight excluding hydrogens is 284 g/mol. The first-order chi connectivity index (χ1) is 10.1. The molecule has 3 rings (SSSR count). The van der Waals surface area contributed by atoms with Gasteiger partial charge in [-0.25, -0.2) is 13.1 Å². The Morgan fingerprint density at radius 1 is 1.14 bits per heavy atom. The summed E-state index contributed by atoms with van der Waals surface area (Å²) in [6, 6.07) is 8.78. The number of fused-ring (bicyclic) bond motifs is 1. The van der Waals surface area contributed by atoms with Crippen LogP contribution < -0.4 is 4.72 Å². The van der Waals surface area contributed by atoms with Crippen molar-refractivity contribution in [3.8, 4) is 0 Å². The number of hydrogen-bond donors (Lipinski definition) is 1. The van der Waals surface area contributed by atoms with Gasteiger partial charge in [-0.2, -0.15) is 0 Å². The Bertz CT molecular complexity index is 573. The highest BCUT2D eigenvalue weighted by atomic mass is 32.2. The molecule has 0 aromatic heterocycles. The van der Waals surface area contributed by atoms with Crippen LogP contribution in [0.3, 0.4) is 0 Å². The third-order valence-corrected chi connectivity index (χ3v) is 6.48. The van der Waals surface area contributed by atoms with Gasteiger partial charge in [0.15, 0.2) is 0 Å². The average molecular weight is 308 g/mol. The lowest BCUT2D eigenvalue weighted by Gasteiger charge is -2.44. The Kier molecular flexibility index (Phi) is 4.33. The summed E-state index contributed by atoms with van der Waals surface area (Å²) in [7, 11) is -1.26. The Hall–Kier alpha value is -0.910. The van der Waals surface area contributed by atoms with Crippen LogP contribution in [-0.4, -0.2) is 39.5 Å². The van der Waals surface area contributed by atoms with E-state index < -0.39 is 10.0 Å². The number of piperidine rings is 1. The van der Waals surface area contributed by atoms with Crippen LogP contribution in [0.4, 0.5) is 0 Å². The number of nitrogens with zero attached hydrogens (tertiary/aromatic N) is 1. The average Bonchev–Trinajstić information content (AvgIpc) is 2.48. The molecule has 0 bridgehead atoms. The maximum Gasteiger partial charge on any atom is 0.240 e. The third kappa shape index (κ3) is 3.30. The summed E-state index contributed by atoms with van der Waals surface area (Å²) in [5.41, 5.74) is 0. The Morgan fingerprint density at radius 2 is 1.90 bits per heavy atom. The number of benzene rings is 1. The van der Waals surface area contributed by atoms with Gasteiger partial charge < -0.3 is 4.90 Å². The fraction of sp³-hybridized carbons (Fsp3) is 0.625. The number of likely N-dealkylation sites (tertiary alicyclic amines) is 1. The molecule has 2 fully saturated rings. The second-order valence-corrected chi connectivity index (χ2v) is 8.16. The fourth-order valence-corrected chi connectivity index (χ4v) is 5.18. The fourth-order valence-electron chi connectivity index (χ4n) is 3.84. The van der Waals surface area contributed by atoms with Crippen molar-refractivity contribution in [1.82, 2.24) is 9.62 Å². The van der Waals surface area contributed by atoms with Gasteiger partial charge in [0.2, 0.25) is 10.0 Å².